The lowest BCUT2D eigenvalue weighted by atomic mass is 9.92. The van der Waals surface area contributed by atoms with Crippen LogP contribution in [0.25, 0.3) is 0 Å². The predicted octanol–water partition coefficient (Wildman–Crippen LogP) is 3.40. The Kier molecular flexibility index (Phi) is 2.98. The standard InChI is InChI=1S/C13H18F2N2/c1-8(2)13(3-4-13)7-17-11-6-9(14)5-10(15)12(11)16/h5-6,8,17H,3-4,7,16H2,1-2H3. The Hall–Kier alpha value is -1.32. The summed E-state index contributed by atoms with van der Waals surface area (Å²) in [5.41, 5.74) is 6.19. The van der Waals surface area contributed by atoms with Crippen LogP contribution in [0.4, 0.5) is 20.2 Å². The van der Waals surface area contributed by atoms with Crippen molar-refractivity contribution in [3.63, 3.8) is 0 Å². The number of hydrogen-bond acceptors (Lipinski definition) is 2. The molecule has 0 heterocycles. The summed E-state index contributed by atoms with van der Waals surface area (Å²) in [6.07, 6.45) is 2.32. The summed E-state index contributed by atoms with van der Waals surface area (Å²) in [6.45, 7) is 5.06. The quantitative estimate of drug-likeness (QED) is 0.792. The van der Waals surface area contributed by atoms with Gasteiger partial charge in [-0.3, -0.25) is 0 Å². The third-order valence-electron chi connectivity index (χ3n) is 3.84. The molecular weight excluding hydrogens is 222 g/mol. The van der Waals surface area contributed by atoms with Gasteiger partial charge < -0.3 is 11.1 Å². The van der Waals surface area contributed by atoms with Gasteiger partial charge in [0.2, 0.25) is 0 Å². The molecule has 1 fully saturated rings. The lowest BCUT2D eigenvalue weighted by Crippen LogP contribution is -2.21. The molecule has 0 atom stereocenters. The SMILES string of the molecule is CC(C)C1(CNc2cc(F)cc(F)c2N)CC1. The van der Waals surface area contributed by atoms with Gasteiger partial charge in [-0.1, -0.05) is 13.8 Å². The van der Waals surface area contributed by atoms with Crippen molar-refractivity contribution in [1.82, 2.24) is 0 Å². The second kappa shape index (κ2) is 4.17. The largest absolute Gasteiger partial charge is 0.395 e. The number of nitrogens with one attached hydrogen (secondary N) is 1. The Balaban J connectivity index is 2.09. The Labute approximate surface area is 100 Å². The van der Waals surface area contributed by atoms with E-state index in [0.717, 1.165) is 25.5 Å². The first-order valence-electron chi connectivity index (χ1n) is 5.93. The van der Waals surface area contributed by atoms with Crippen LogP contribution in [0.15, 0.2) is 12.1 Å². The van der Waals surface area contributed by atoms with E-state index in [2.05, 4.69) is 19.2 Å². The maximum atomic E-state index is 13.2. The Bertz CT molecular complexity index is 426. The summed E-state index contributed by atoms with van der Waals surface area (Å²) in [7, 11) is 0. The summed E-state index contributed by atoms with van der Waals surface area (Å²) in [5.74, 6) is -0.745. The Morgan fingerprint density at radius 3 is 2.53 bits per heavy atom. The molecule has 1 aromatic carbocycles. The molecule has 2 nitrogen and oxygen atoms in total. The minimum Gasteiger partial charge on any atom is -0.395 e. The number of benzene rings is 1. The van der Waals surface area contributed by atoms with Crippen LogP contribution >= 0.6 is 0 Å². The highest BCUT2D eigenvalue weighted by Gasteiger charge is 2.44. The molecule has 0 aromatic heterocycles. The maximum absolute atomic E-state index is 13.2. The second-order valence-corrected chi connectivity index (χ2v) is 5.22. The van der Waals surface area contributed by atoms with Gasteiger partial charge in [0.15, 0.2) is 5.82 Å². The monoisotopic (exact) mass is 240 g/mol. The molecule has 0 bridgehead atoms. The van der Waals surface area contributed by atoms with Crippen LogP contribution in [0, 0.1) is 23.0 Å². The Morgan fingerprint density at radius 1 is 1.35 bits per heavy atom. The molecule has 1 aromatic rings. The fourth-order valence-electron chi connectivity index (χ4n) is 2.12. The van der Waals surface area contributed by atoms with Gasteiger partial charge in [0.25, 0.3) is 0 Å². The van der Waals surface area contributed by atoms with Crippen molar-refractivity contribution in [2.75, 3.05) is 17.6 Å². The third-order valence-corrected chi connectivity index (χ3v) is 3.84. The zero-order valence-corrected chi connectivity index (χ0v) is 10.2. The van der Waals surface area contributed by atoms with Crippen LogP contribution < -0.4 is 11.1 Å². The summed E-state index contributed by atoms with van der Waals surface area (Å²) in [5, 5.41) is 3.07. The molecule has 0 aliphatic heterocycles. The van der Waals surface area contributed by atoms with E-state index in [1.807, 2.05) is 0 Å². The number of halogens is 2. The van der Waals surface area contributed by atoms with E-state index >= 15 is 0 Å². The highest BCUT2D eigenvalue weighted by molar-refractivity contribution is 5.66. The molecule has 0 amide bonds. The molecule has 0 spiro atoms. The molecule has 17 heavy (non-hydrogen) atoms. The van der Waals surface area contributed by atoms with Gasteiger partial charge in [0.05, 0.1) is 11.4 Å². The van der Waals surface area contributed by atoms with Gasteiger partial charge in [0, 0.05) is 12.6 Å². The van der Waals surface area contributed by atoms with Gasteiger partial charge in [-0.15, -0.1) is 0 Å². The molecule has 1 aliphatic carbocycles. The fourth-order valence-corrected chi connectivity index (χ4v) is 2.12. The first-order chi connectivity index (χ1) is 7.94. The number of hydrogen-bond donors (Lipinski definition) is 2. The van der Waals surface area contributed by atoms with Gasteiger partial charge in [0.1, 0.15) is 5.82 Å². The smallest absolute Gasteiger partial charge is 0.151 e. The van der Waals surface area contributed by atoms with Gasteiger partial charge in [-0.2, -0.15) is 0 Å². The number of rotatable bonds is 4. The zero-order valence-electron chi connectivity index (χ0n) is 10.2. The molecule has 3 N–H and O–H groups in total. The lowest BCUT2D eigenvalue weighted by Gasteiger charge is -2.21. The minimum absolute atomic E-state index is 0.00837. The van der Waals surface area contributed by atoms with Crippen molar-refractivity contribution in [2.24, 2.45) is 11.3 Å². The van der Waals surface area contributed by atoms with Crippen LogP contribution in [0.5, 0.6) is 0 Å². The topological polar surface area (TPSA) is 38.0 Å². The van der Waals surface area contributed by atoms with E-state index in [4.69, 9.17) is 5.73 Å². The first kappa shape index (κ1) is 12.1. The van der Waals surface area contributed by atoms with Crippen molar-refractivity contribution in [1.29, 1.82) is 0 Å². The average molecular weight is 240 g/mol. The van der Waals surface area contributed by atoms with Gasteiger partial charge in [-0.25, -0.2) is 8.78 Å². The van der Waals surface area contributed by atoms with Crippen LogP contribution in [-0.4, -0.2) is 6.54 Å². The van der Waals surface area contributed by atoms with E-state index < -0.39 is 11.6 Å². The van der Waals surface area contributed by atoms with E-state index in [1.54, 1.807) is 0 Å². The summed E-state index contributed by atoms with van der Waals surface area (Å²) < 4.78 is 26.3. The lowest BCUT2D eigenvalue weighted by molar-refractivity contribution is 0.380. The first-order valence-corrected chi connectivity index (χ1v) is 5.93. The third kappa shape index (κ3) is 2.35. The molecule has 4 heteroatoms. The van der Waals surface area contributed by atoms with Crippen molar-refractivity contribution < 1.29 is 8.78 Å². The fraction of sp³-hybridized carbons (Fsp3) is 0.538. The van der Waals surface area contributed by atoms with Crippen molar-refractivity contribution >= 4 is 11.4 Å². The molecule has 1 aliphatic rings. The van der Waals surface area contributed by atoms with Crippen molar-refractivity contribution in [3.05, 3.63) is 23.8 Å². The van der Waals surface area contributed by atoms with E-state index in [1.165, 1.54) is 6.07 Å². The van der Waals surface area contributed by atoms with Gasteiger partial charge >= 0.3 is 0 Å². The summed E-state index contributed by atoms with van der Waals surface area (Å²) in [6, 6.07) is 2.05. The highest BCUT2D eigenvalue weighted by atomic mass is 19.1. The minimum atomic E-state index is -0.707. The summed E-state index contributed by atoms with van der Waals surface area (Å²) >= 11 is 0. The van der Waals surface area contributed by atoms with Crippen LogP contribution in [0.3, 0.4) is 0 Å². The van der Waals surface area contributed by atoms with Crippen LogP contribution in [0.2, 0.25) is 0 Å². The average Bonchev–Trinajstić information content (AvgIpc) is 3.02. The molecule has 0 unspecified atom stereocenters. The second-order valence-electron chi connectivity index (χ2n) is 5.22. The normalized spacial score (nSPS) is 17.2. The van der Waals surface area contributed by atoms with Gasteiger partial charge in [-0.05, 0) is 30.2 Å². The molecule has 2 rings (SSSR count). The number of nitrogen functional groups attached to an aromatic ring is 1. The van der Waals surface area contributed by atoms with E-state index in [0.29, 0.717) is 11.6 Å². The van der Waals surface area contributed by atoms with E-state index in [9.17, 15) is 8.78 Å². The van der Waals surface area contributed by atoms with Crippen LogP contribution in [-0.2, 0) is 0 Å². The number of anilines is 2. The van der Waals surface area contributed by atoms with E-state index in [-0.39, 0.29) is 11.1 Å². The Morgan fingerprint density at radius 2 is 2.00 bits per heavy atom. The molecule has 0 radical (unpaired) electrons. The highest BCUT2D eigenvalue weighted by Crippen LogP contribution is 2.51. The van der Waals surface area contributed by atoms with Crippen LogP contribution in [0.1, 0.15) is 26.7 Å². The maximum Gasteiger partial charge on any atom is 0.151 e. The molecule has 1 saturated carbocycles. The molecule has 94 valence electrons. The van der Waals surface area contributed by atoms with Crippen molar-refractivity contribution in [2.45, 2.75) is 26.7 Å². The zero-order chi connectivity index (χ0) is 12.6. The van der Waals surface area contributed by atoms with Crippen molar-refractivity contribution in [3.8, 4) is 0 Å². The summed E-state index contributed by atoms with van der Waals surface area (Å²) in [4.78, 5) is 0. The molecule has 0 saturated heterocycles. The predicted molar refractivity (Wildman–Crippen MR) is 65.8 cm³/mol. The molecular formula is C13H18F2N2. The number of nitrogens with two attached hydrogens (primary N) is 1.